The number of rotatable bonds is 5. The minimum atomic E-state index is -0.939. The Morgan fingerprint density at radius 1 is 1.10 bits per heavy atom. The Hall–Kier alpha value is -4.14. The summed E-state index contributed by atoms with van der Waals surface area (Å²) >= 11 is 0. The Balaban J connectivity index is 1.62. The number of fused-ring (bicyclic) bond motifs is 1. The molecule has 31 heavy (non-hydrogen) atoms. The topological polar surface area (TPSA) is 103 Å². The highest BCUT2D eigenvalue weighted by molar-refractivity contribution is 6.13. The molecule has 0 aliphatic carbocycles. The third kappa shape index (κ3) is 3.97. The van der Waals surface area contributed by atoms with E-state index in [-0.39, 0.29) is 17.8 Å². The molecule has 0 fully saturated rings. The summed E-state index contributed by atoms with van der Waals surface area (Å²) in [4.78, 5) is 28.8. The molecule has 0 unspecified atom stereocenters. The molecule has 156 valence electrons. The van der Waals surface area contributed by atoms with E-state index in [0.717, 1.165) is 12.1 Å². The number of nitrogens with zero attached hydrogens (tertiary/aromatic N) is 3. The quantitative estimate of drug-likeness (QED) is 0.515. The number of nitrogens with one attached hydrogen (secondary N) is 1. The zero-order valence-electron chi connectivity index (χ0n) is 16.4. The van der Waals surface area contributed by atoms with Gasteiger partial charge in [-0.15, -0.1) is 0 Å². The number of halogens is 2. The number of aromatic nitrogens is 3. The highest BCUT2D eigenvalue weighted by Crippen LogP contribution is 2.22. The van der Waals surface area contributed by atoms with Gasteiger partial charge in [-0.05, 0) is 36.8 Å². The van der Waals surface area contributed by atoms with E-state index in [2.05, 4.69) is 15.4 Å². The molecule has 0 bridgehead atoms. The molecule has 0 atom stereocenters. The molecule has 2 heterocycles. The molecule has 4 aromatic rings. The summed E-state index contributed by atoms with van der Waals surface area (Å²) in [5, 5.41) is 7.56. The molecular weight excluding hydrogens is 404 g/mol. The molecule has 3 N–H and O–H groups in total. The van der Waals surface area contributed by atoms with E-state index >= 15 is 0 Å². The van der Waals surface area contributed by atoms with Crippen molar-refractivity contribution in [2.75, 3.05) is 5.32 Å². The first-order valence-corrected chi connectivity index (χ1v) is 9.31. The van der Waals surface area contributed by atoms with E-state index in [0.29, 0.717) is 27.8 Å². The van der Waals surface area contributed by atoms with E-state index < -0.39 is 23.4 Å². The maximum Gasteiger partial charge on any atom is 0.267 e. The zero-order chi connectivity index (χ0) is 22.1. The molecule has 4 rings (SSSR count). The van der Waals surface area contributed by atoms with Crippen LogP contribution in [0.3, 0.4) is 0 Å². The molecule has 9 heteroatoms. The first-order valence-electron chi connectivity index (χ1n) is 9.31. The van der Waals surface area contributed by atoms with Crippen LogP contribution in [0.15, 0.2) is 54.7 Å². The van der Waals surface area contributed by atoms with Gasteiger partial charge in [0.25, 0.3) is 11.8 Å². The Morgan fingerprint density at radius 2 is 1.87 bits per heavy atom. The monoisotopic (exact) mass is 421 g/mol. The van der Waals surface area contributed by atoms with Crippen molar-refractivity contribution in [3.8, 4) is 0 Å². The lowest BCUT2D eigenvalue weighted by Crippen LogP contribution is -2.18. The molecule has 0 radical (unpaired) electrons. The number of amides is 2. The van der Waals surface area contributed by atoms with Crippen molar-refractivity contribution in [3.05, 3.63) is 88.9 Å². The van der Waals surface area contributed by atoms with E-state index in [1.807, 2.05) is 0 Å². The van der Waals surface area contributed by atoms with Gasteiger partial charge in [-0.1, -0.05) is 24.3 Å². The number of primary amides is 1. The molecule has 2 aromatic heterocycles. The lowest BCUT2D eigenvalue weighted by molar-refractivity contribution is 0.0996. The van der Waals surface area contributed by atoms with Crippen LogP contribution in [0.2, 0.25) is 0 Å². The first-order chi connectivity index (χ1) is 14.8. The summed E-state index contributed by atoms with van der Waals surface area (Å²) in [7, 11) is 0. The Labute approximate surface area is 175 Å². The minimum Gasteiger partial charge on any atom is -0.364 e. The van der Waals surface area contributed by atoms with Crippen molar-refractivity contribution >= 4 is 28.4 Å². The van der Waals surface area contributed by atoms with Crippen LogP contribution in [0, 0.1) is 18.6 Å². The highest BCUT2D eigenvalue weighted by Gasteiger charge is 2.17. The summed E-state index contributed by atoms with van der Waals surface area (Å²) in [5.41, 5.74) is 7.62. The predicted octanol–water partition coefficient (Wildman–Crippen LogP) is 3.42. The molecule has 2 amide bonds. The van der Waals surface area contributed by atoms with Crippen molar-refractivity contribution in [2.24, 2.45) is 5.73 Å². The number of nitrogens with two attached hydrogens (primary N) is 1. The van der Waals surface area contributed by atoms with Crippen molar-refractivity contribution < 1.29 is 18.4 Å². The summed E-state index contributed by atoms with van der Waals surface area (Å²) in [6.07, 6.45) is 1.46. The summed E-state index contributed by atoms with van der Waals surface area (Å²) in [5.74, 6) is -3.06. The molecule has 0 saturated carbocycles. The van der Waals surface area contributed by atoms with Gasteiger partial charge >= 0.3 is 0 Å². The van der Waals surface area contributed by atoms with Crippen molar-refractivity contribution in [3.63, 3.8) is 0 Å². The number of pyridine rings is 1. The normalized spacial score (nSPS) is 10.9. The lowest BCUT2D eigenvalue weighted by atomic mass is 10.1. The molecular formula is C22H17F2N5O2. The van der Waals surface area contributed by atoms with Crippen LogP contribution in [0.1, 0.15) is 32.1 Å². The van der Waals surface area contributed by atoms with Gasteiger partial charge in [0, 0.05) is 5.39 Å². The van der Waals surface area contributed by atoms with Crippen LogP contribution < -0.4 is 11.1 Å². The van der Waals surface area contributed by atoms with Gasteiger partial charge in [0.15, 0.2) is 11.6 Å². The highest BCUT2D eigenvalue weighted by atomic mass is 19.2. The minimum absolute atomic E-state index is 0.0189. The summed E-state index contributed by atoms with van der Waals surface area (Å²) in [6, 6.07) is 11.9. The standard InChI is InChI=1S/C22H17F2N5O2/c1-12-20(10-26-29(12)11-13-6-7-16(23)17(24)8-13)28-22(31)15-9-19(21(25)30)27-18-5-3-2-4-14(15)18/h2-10H,11H2,1H3,(H2,25,30)(H,28,31). The molecule has 0 aliphatic rings. The number of carbonyl (C=O) groups excluding carboxylic acids is 2. The fraction of sp³-hybridized carbons (Fsp3) is 0.0909. The number of hydrogen-bond donors (Lipinski definition) is 2. The molecule has 0 saturated heterocycles. The van der Waals surface area contributed by atoms with Crippen LogP contribution in [0.25, 0.3) is 10.9 Å². The van der Waals surface area contributed by atoms with Crippen LogP contribution in [-0.4, -0.2) is 26.6 Å². The maximum atomic E-state index is 13.5. The van der Waals surface area contributed by atoms with Gasteiger partial charge in [0.2, 0.25) is 0 Å². The number of para-hydroxylation sites is 1. The average molecular weight is 421 g/mol. The Morgan fingerprint density at radius 3 is 2.61 bits per heavy atom. The molecule has 0 spiro atoms. The lowest BCUT2D eigenvalue weighted by Gasteiger charge is -2.10. The molecule has 7 nitrogen and oxygen atoms in total. The van der Waals surface area contributed by atoms with Gasteiger partial charge in [0.1, 0.15) is 5.69 Å². The second kappa shape index (κ2) is 7.94. The maximum absolute atomic E-state index is 13.5. The number of hydrogen-bond acceptors (Lipinski definition) is 4. The van der Waals surface area contributed by atoms with Crippen molar-refractivity contribution in [2.45, 2.75) is 13.5 Å². The summed E-state index contributed by atoms with van der Waals surface area (Å²) in [6.45, 7) is 1.94. The predicted molar refractivity (Wildman–Crippen MR) is 111 cm³/mol. The van der Waals surface area contributed by atoms with Crippen LogP contribution in [0.5, 0.6) is 0 Å². The Kier molecular flexibility index (Phi) is 5.16. The third-order valence-electron chi connectivity index (χ3n) is 4.88. The fourth-order valence-electron chi connectivity index (χ4n) is 3.22. The van der Waals surface area contributed by atoms with Gasteiger partial charge in [-0.25, -0.2) is 13.8 Å². The number of benzene rings is 2. The third-order valence-corrected chi connectivity index (χ3v) is 4.88. The smallest absolute Gasteiger partial charge is 0.267 e. The zero-order valence-corrected chi connectivity index (χ0v) is 16.4. The SMILES string of the molecule is Cc1c(NC(=O)c2cc(C(N)=O)nc3ccccc23)cnn1Cc1ccc(F)c(F)c1. The van der Waals surface area contributed by atoms with Gasteiger partial charge in [0.05, 0.1) is 35.2 Å². The van der Waals surface area contributed by atoms with Gasteiger partial charge < -0.3 is 11.1 Å². The largest absolute Gasteiger partial charge is 0.364 e. The van der Waals surface area contributed by atoms with Crippen LogP contribution >= 0.6 is 0 Å². The van der Waals surface area contributed by atoms with Crippen molar-refractivity contribution in [1.29, 1.82) is 0 Å². The van der Waals surface area contributed by atoms with Gasteiger partial charge in [-0.2, -0.15) is 5.10 Å². The summed E-state index contributed by atoms with van der Waals surface area (Å²) < 4.78 is 28.2. The van der Waals surface area contributed by atoms with Crippen LogP contribution in [-0.2, 0) is 6.54 Å². The first kappa shape index (κ1) is 20.1. The van der Waals surface area contributed by atoms with E-state index in [1.54, 1.807) is 35.9 Å². The van der Waals surface area contributed by atoms with E-state index in [9.17, 15) is 18.4 Å². The fourth-order valence-corrected chi connectivity index (χ4v) is 3.22. The van der Waals surface area contributed by atoms with Crippen molar-refractivity contribution in [1.82, 2.24) is 14.8 Å². The van der Waals surface area contributed by atoms with E-state index in [1.165, 1.54) is 18.3 Å². The second-order valence-electron chi connectivity index (χ2n) is 6.94. The van der Waals surface area contributed by atoms with E-state index in [4.69, 9.17) is 5.73 Å². The second-order valence-corrected chi connectivity index (χ2v) is 6.94. The number of carbonyl (C=O) groups is 2. The Bertz CT molecular complexity index is 1330. The average Bonchev–Trinajstić information content (AvgIpc) is 3.09. The van der Waals surface area contributed by atoms with Gasteiger partial charge in [-0.3, -0.25) is 14.3 Å². The van der Waals surface area contributed by atoms with Crippen LogP contribution in [0.4, 0.5) is 14.5 Å². The molecule has 0 aliphatic heterocycles. The number of anilines is 1. The molecule has 2 aromatic carbocycles.